The second kappa shape index (κ2) is 13.1. The number of aliphatic hydroxyl groups excluding tert-OH is 4. The lowest BCUT2D eigenvalue weighted by molar-refractivity contribution is -0.301. The molecule has 0 amide bonds. The molecule has 2 saturated heterocycles. The van der Waals surface area contributed by atoms with Crippen molar-refractivity contribution < 1.29 is 63.7 Å². The minimum absolute atomic E-state index is 0.00735. The first-order valence-corrected chi connectivity index (χ1v) is 16.7. The van der Waals surface area contributed by atoms with Crippen molar-refractivity contribution in [1.82, 2.24) is 0 Å². The molecule has 6 rings (SSSR count). The first-order valence-electron chi connectivity index (χ1n) is 16.7. The highest BCUT2D eigenvalue weighted by atomic mass is 16.7. The summed E-state index contributed by atoms with van der Waals surface area (Å²) in [5.74, 6) is -4.28. The molecule has 1 saturated carbocycles. The zero-order valence-corrected chi connectivity index (χ0v) is 27.6. The summed E-state index contributed by atoms with van der Waals surface area (Å²) in [5, 5.41) is 53.8. The summed E-state index contributed by atoms with van der Waals surface area (Å²) in [6, 6.07) is 0. The number of allylic oxidation sites excluding steroid dienone is 2. The van der Waals surface area contributed by atoms with Gasteiger partial charge in [0.2, 0.25) is 0 Å². The second-order valence-corrected chi connectivity index (χ2v) is 14.3. The molecule has 1 spiro atoms. The van der Waals surface area contributed by atoms with Gasteiger partial charge in [0, 0.05) is 29.7 Å². The van der Waals surface area contributed by atoms with E-state index >= 15 is 0 Å². The lowest BCUT2D eigenvalue weighted by Crippen LogP contribution is -2.60. The Labute approximate surface area is 283 Å². The molecule has 2 bridgehead atoms. The summed E-state index contributed by atoms with van der Waals surface area (Å²) in [5.41, 5.74) is -0.613. The largest absolute Gasteiger partial charge is 0.453 e. The highest BCUT2D eigenvalue weighted by Crippen LogP contribution is 2.52. The van der Waals surface area contributed by atoms with E-state index in [9.17, 15) is 44.7 Å². The molecule has 13 nitrogen and oxygen atoms in total. The van der Waals surface area contributed by atoms with E-state index in [1.54, 1.807) is 13.8 Å². The van der Waals surface area contributed by atoms with Crippen LogP contribution in [0.3, 0.4) is 0 Å². The molecule has 6 aliphatic rings. The van der Waals surface area contributed by atoms with Crippen LogP contribution in [-0.2, 0) is 38.1 Å². The van der Waals surface area contributed by atoms with Crippen molar-refractivity contribution in [2.24, 2.45) is 23.7 Å². The standard InChI is InChI=1S/C36H44O13/c1-16-9-24(39)27-22(13-37)7-5-20(11-35(16,27)45)18(3)32(43)48-31-26(14-38)47-34(30(42)29(31)41)46-15-23-8-6-21-12-36(49-33(44)19(21)4)17(2)10-25(40)28(23)36/h9-10,20-22,26-27,29-31,34,37-38,41-42,45H,3-8,11-15H2,1-2H3. The fourth-order valence-electron chi connectivity index (χ4n) is 8.69. The summed E-state index contributed by atoms with van der Waals surface area (Å²) < 4.78 is 23.1. The Hall–Kier alpha value is -3.30. The minimum Gasteiger partial charge on any atom is -0.453 e. The van der Waals surface area contributed by atoms with Gasteiger partial charge in [-0.15, -0.1) is 0 Å². The van der Waals surface area contributed by atoms with E-state index in [0.29, 0.717) is 60.0 Å². The minimum atomic E-state index is -1.76. The predicted molar refractivity (Wildman–Crippen MR) is 169 cm³/mol. The molecule has 11 atom stereocenters. The van der Waals surface area contributed by atoms with Crippen molar-refractivity contribution >= 4 is 23.5 Å². The number of esters is 2. The highest BCUT2D eigenvalue weighted by Gasteiger charge is 2.56. The van der Waals surface area contributed by atoms with Crippen LogP contribution in [0, 0.1) is 23.7 Å². The number of carbonyl (C=O) groups excluding carboxylic acids is 4. The van der Waals surface area contributed by atoms with Crippen LogP contribution >= 0.6 is 0 Å². The summed E-state index contributed by atoms with van der Waals surface area (Å²) in [6.07, 6.45) is -3.09. The van der Waals surface area contributed by atoms with Crippen LogP contribution in [0.25, 0.3) is 0 Å². The summed E-state index contributed by atoms with van der Waals surface area (Å²) >= 11 is 0. The first kappa shape index (κ1) is 35.5. The third-order valence-corrected chi connectivity index (χ3v) is 11.6. The zero-order chi connectivity index (χ0) is 35.6. The topological polar surface area (TPSA) is 206 Å². The van der Waals surface area contributed by atoms with Gasteiger partial charge in [0.25, 0.3) is 0 Å². The Balaban J connectivity index is 1.14. The van der Waals surface area contributed by atoms with Gasteiger partial charge in [0.05, 0.1) is 24.7 Å². The van der Waals surface area contributed by atoms with Crippen LogP contribution < -0.4 is 0 Å². The van der Waals surface area contributed by atoms with Crippen molar-refractivity contribution in [3.8, 4) is 0 Å². The summed E-state index contributed by atoms with van der Waals surface area (Å²) in [4.78, 5) is 51.9. The molecule has 0 radical (unpaired) electrons. The SMILES string of the molecule is C=C(C(=O)OC1C(CO)OC(OCC2=C3C(=O)C=C(C)C34CC(CC2)C(=C)C(=O)O4)C(O)C1O)C1CCC(CO)C2C(=O)C=C(C)C2(O)C1. The van der Waals surface area contributed by atoms with E-state index < -0.39 is 78.2 Å². The summed E-state index contributed by atoms with van der Waals surface area (Å²) in [6.45, 7) is 9.88. The number of aliphatic hydroxyl groups is 5. The van der Waals surface area contributed by atoms with E-state index in [1.807, 2.05) is 0 Å². The number of ether oxygens (including phenoxy) is 4. The molecular formula is C36H44O13. The Morgan fingerprint density at radius 3 is 2.45 bits per heavy atom. The van der Waals surface area contributed by atoms with Crippen LogP contribution in [0.5, 0.6) is 0 Å². The van der Waals surface area contributed by atoms with Gasteiger partial charge in [-0.3, -0.25) is 9.59 Å². The van der Waals surface area contributed by atoms with Crippen LogP contribution in [0.15, 0.2) is 58.7 Å². The van der Waals surface area contributed by atoms with E-state index in [0.717, 1.165) is 0 Å². The molecule has 4 aliphatic carbocycles. The molecule has 0 aromatic rings. The molecular weight excluding hydrogens is 640 g/mol. The fourth-order valence-corrected chi connectivity index (χ4v) is 8.69. The van der Waals surface area contributed by atoms with Crippen LogP contribution in [-0.4, -0.2) is 111 Å². The Kier molecular flexibility index (Phi) is 9.50. The van der Waals surface area contributed by atoms with Gasteiger partial charge in [0.15, 0.2) is 29.6 Å². The van der Waals surface area contributed by atoms with Crippen molar-refractivity contribution in [2.75, 3.05) is 19.8 Å². The normalized spacial score (nSPS) is 40.5. The number of carbonyl (C=O) groups is 4. The van der Waals surface area contributed by atoms with Gasteiger partial charge >= 0.3 is 11.9 Å². The number of hydrogen-bond acceptors (Lipinski definition) is 13. The molecule has 0 aromatic heterocycles. The predicted octanol–water partition coefficient (Wildman–Crippen LogP) is 0.672. The van der Waals surface area contributed by atoms with Crippen molar-refractivity contribution in [2.45, 2.75) is 94.3 Å². The van der Waals surface area contributed by atoms with E-state index in [4.69, 9.17) is 18.9 Å². The number of ketones is 2. The van der Waals surface area contributed by atoms with Gasteiger partial charge in [0.1, 0.15) is 18.3 Å². The number of fused-ring (bicyclic) bond motifs is 2. The van der Waals surface area contributed by atoms with E-state index in [1.165, 1.54) is 12.2 Å². The van der Waals surface area contributed by atoms with Crippen LogP contribution in [0.1, 0.15) is 52.4 Å². The summed E-state index contributed by atoms with van der Waals surface area (Å²) in [7, 11) is 0. The monoisotopic (exact) mass is 684 g/mol. The molecule has 0 aromatic carbocycles. The second-order valence-electron chi connectivity index (χ2n) is 14.3. The quantitative estimate of drug-likeness (QED) is 0.176. The molecule has 2 heterocycles. The molecule has 5 N–H and O–H groups in total. The molecule has 266 valence electrons. The lowest BCUT2D eigenvalue weighted by Gasteiger charge is -2.41. The van der Waals surface area contributed by atoms with Crippen LogP contribution in [0.2, 0.25) is 0 Å². The van der Waals surface area contributed by atoms with Gasteiger partial charge in [-0.2, -0.15) is 0 Å². The highest BCUT2D eigenvalue weighted by molar-refractivity contribution is 6.11. The molecule has 13 heteroatoms. The van der Waals surface area contributed by atoms with Crippen LogP contribution in [0.4, 0.5) is 0 Å². The smallest absolute Gasteiger partial charge is 0.334 e. The van der Waals surface area contributed by atoms with Crippen molar-refractivity contribution in [3.63, 3.8) is 0 Å². The average molecular weight is 685 g/mol. The molecule has 3 fully saturated rings. The Morgan fingerprint density at radius 2 is 1.76 bits per heavy atom. The average Bonchev–Trinajstić information content (AvgIpc) is 3.27. The fraction of sp³-hybridized carbons (Fsp3) is 0.611. The van der Waals surface area contributed by atoms with Crippen molar-refractivity contribution in [3.05, 3.63) is 58.7 Å². The van der Waals surface area contributed by atoms with E-state index in [2.05, 4.69) is 13.2 Å². The van der Waals surface area contributed by atoms with E-state index in [-0.39, 0.29) is 42.7 Å². The number of hydrogen-bond donors (Lipinski definition) is 5. The maximum Gasteiger partial charge on any atom is 0.334 e. The lowest BCUT2D eigenvalue weighted by atomic mass is 9.75. The Bertz CT molecular complexity index is 1570. The number of rotatable bonds is 8. The van der Waals surface area contributed by atoms with Gasteiger partial charge < -0.3 is 44.5 Å². The zero-order valence-electron chi connectivity index (χ0n) is 27.6. The molecule has 11 unspecified atom stereocenters. The molecule has 2 aliphatic heterocycles. The maximum absolute atomic E-state index is 13.4. The maximum atomic E-state index is 13.4. The van der Waals surface area contributed by atoms with Crippen molar-refractivity contribution in [1.29, 1.82) is 0 Å². The van der Waals surface area contributed by atoms with Gasteiger partial charge in [-0.05, 0) is 92.6 Å². The third kappa shape index (κ3) is 5.78. The molecule has 49 heavy (non-hydrogen) atoms. The van der Waals surface area contributed by atoms with Gasteiger partial charge in [-0.1, -0.05) is 13.2 Å². The van der Waals surface area contributed by atoms with Gasteiger partial charge in [-0.25, -0.2) is 9.59 Å². The third-order valence-electron chi connectivity index (χ3n) is 11.6. The first-order chi connectivity index (χ1) is 23.2. The Morgan fingerprint density at radius 1 is 1.02 bits per heavy atom.